The van der Waals surface area contributed by atoms with Crippen molar-refractivity contribution in [2.45, 2.75) is 0 Å². The number of allylic oxidation sites excluding steroid dienone is 2. The molecule has 19 heavy (non-hydrogen) atoms. The smallest absolute Gasteiger partial charge is 0.146 e. The number of hydrogen-bond donors (Lipinski definition) is 1. The van der Waals surface area contributed by atoms with E-state index in [1.54, 1.807) is 11.3 Å². The van der Waals surface area contributed by atoms with Crippen LogP contribution in [0.25, 0.3) is 33.5 Å². The van der Waals surface area contributed by atoms with Gasteiger partial charge in [0.05, 0.1) is 22.7 Å². The van der Waals surface area contributed by atoms with Crippen LogP contribution < -0.4 is 0 Å². The van der Waals surface area contributed by atoms with Crippen molar-refractivity contribution in [2.75, 3.05) is 0 Å². The highest BCUT2D eigenvalue weighted by Crippen LogP contribution is 2.38. The maximum Gasteiger partial charge on any atom is 0.146 e. The predicted octanol–water partition coefficient (Wildman–Crippen LogP) is 4.90. The summed E-state index contributed by atoms with van der Waals surface area (Å²) in [6, 6.07) is 6.41. The van der Waals surface area contributed by atoms with Crippen LogP contribution in [-0.4, -0.2) is 10.2 Å². The Kier molecular flexibility index (Phi) is 2.42. The first-order chi connectivity index (χ1) is 9.31. The monoisotopic (exact) mass is 327 g/mol. The van der Waals surface area contributed by atoms with Gasteiger partial charge in [0.25, 0.3) is 0 Å². The Hall–Kier alpha value is -1.74. The van der Waals surface area contributed by atoms with Crippen LogP contribution in [0.5, 0.6) is 0 Å². The quantitative estimate of drug-likeness (QED) is 0.633. The highest BCUT2D eigenvalue weighted by Gasteiger charge is 2.17. The van der Waals surface area contributed by atoms with E-state index in [1.165, 1.54) is 20.9 Å². The molecule has 2 aromatic heterocycles. The van der Waals surface area contributed by atoms with E-state index in [2.05, 4.69) is 56.5 Å². The molecule has 1 aromatic carbocycles. The highest BCUT2D eigenvalue weighted by molar-refractivity contribution is 9.10. The second-order valence-electron chi connectivity index (χ2n) is 4.36. The molecule has 0 fully saturated rings. The normalized spacial score (nSPS) is 12.7. The van der Waals surface area contributed by atoms with Gasteiger partial charge in [-0.05, 0) is 12.1 Å². The first-order valence-corrected chi connectivity index (χ1v) is 7.45. The summed E-state index contributed by atoms with van der Waals surface area (Å²) < 4.78 is 1.07. The number of aromatic nitrogens is 2. The standard InChI is InChI=1S/C15H8BrN2S/c16-11-5-10-8-17-18-15(10)12(7-11)14-6-9-3-1-2-4-13(9)19-14/h2-8H,(H,17,18)/q+1. The lowest BCUT2D eigenvalue weighted by Crippen LogP contribution is -1.78. The second kappa shape index (κ2) is 4.14. The molecule has 4 rings (SSSR count). The third kappa shape index (κ3) is 1.77. The number of rotatable bonds is 1. The van der Waals surface area contributed by atoms with Crippen LogP contribution in [-0.2, 0) is 0 Å². The molecule has 0 atom stereocenters. The van der Waals surface area contributed by atoms with Crippen LogP contribution in [0.3, 0.4) is 0 Å². The van der Waals surface area contributed by atoms with Crippen LogP contribution in [0.2, 0.25) is 0 Å². The van der Waals surface area contributed by atoms with Gasteiger partial charge in [0.2, 0.25) is 0 Å². The van der Waals surface area contributed by atoms with Crippen LogP contribution in [0.4, 0.5) is 0 Å². The first-order valence-electron chi connectivity index (χ1n) is 5.84. The van der Waals surface area contributed by atoms with Gasteiger partial charge >= 0.3 is 0 Å². The molecule has 0 amide bonds. The summed E-state index contributed by atoms with van der Waals surface area (Å²) in [5, 5.41) is 8.34. The third-order valence-electron chi connectivity index (χ3n) is 3.14. The topological polar surface area (TPSA) is 28.7 Å². The number of fused-ring (bicyclic) bond motifs is 2. The molecule has 3 aromatic rings. The number of nitrogens with zero attached hydrogens (tertiary/aromatic N) is 1. The lowest BCUT2D eigenvalue weighted by atomic mass is 10.1. The SMILES string of the molecule is Brc1cc(-c2cc3c(s2)C=C[C+]=C3)c2[nH]ncc2c1. The Labute approximate surface area is 122 Å². The van der Waals surface area contributed by atoms with Gasteiger partial charge in [-0.3, -0.25) is 5.10 Å². The largest absolute Gasteiger partial charge is 0.277 e. The van der Waals surface area contributed by atoms with Crippen molar-refractivity contribution < 1.29 is 0 Å². The Bertz CT molecular complexity index is 810. The summed E-state index contributed by atoms with van der Waals surface area (Å²) in [6.07, 6.45) is 11.1. The number of aromatic amines is 1. The fourth-order valence-electron chi connectivity index (χ4n) is 2.27. The molecule has 0 spiro atoms. The summed E-state index contributed by atoms with van der Waals surface area (Å²) in [4.78, 5) is 2.52. The van der Waals surface area contributed by atoms with E-state index in [9.17, 15) is 0 Å². The summed E-state index contributed by atoms with van der Waals surface area (Å²) >= 11 is 5.35. The van der Waals surface area contributed by atoms with E-state index >= 15 is 0 Å². The number of halogens is 1. The zero-order valence-electron chi connectivity index (χ0n) is 9.77. The van der Waals surface area contributed by atoms with Crippen molar-refractivity contribution in [1.29, 1.82) is 0 Å². The van der Waals surface area contributed by atoms with Crippen LogP contribution in [0.15, 0.2) is 34.9 Å². The minimum Gasteiger partial charge on any atom is -0.277 e. The van der Waals surface area contributed by atoms with Gasteiger partial charge in [0.15, 0.2) is 0 Å². The molecule has 2 nitrogen and oxygen atoms in total. The third-order valence-corrected chi connectivity index (χ3v) is 4.75. The number of H-pyrrole nitrogens is 1. The molecule has 1 aliphatic rings. The summed E-state index contributed by atoms with van der Waals surface area (Å²) in [5.74, 6) is 0. The molecular weight excluding hydrogens is 320 g/mol. The molecule has 4 heteroatoms. The average molecular weight is 328 g/mol. The van der Waals surface area contributed by atoms with Crippen molar-refractivity contribution in [3.8, 4) is 10.4 Å². The Morgan fingerprint density at radius 3 is 3.11 bits per heavy atom. The Morgan fingerprint density at radius 1 is 1.26 bits per heavy atom. The van der Waals surface area contributed by atoms with Gasteiger partial charge in [-0.15, -0.1) is 11.3 Å². The van der Waals surface area contributed by atoms with Gasteiger partial charge in [-0.25, -0.2) is 0 Å². The molecule has 1 aliphatic carbocycles. The minimum absolute atomic E-state index is 1.07. The Morgan fingerprint density at radius 2 is 2.21 bits per heavy atom. The molecule has 0 saturated heterocycles. The van der Waals surface area contributed by atoms with E-state index in [4.69, 9.17) is 0 Å². The minimum atomic E-state index is 1.07. The van der Waals surface area contributed by atoms with E-state index < -0.39 is 0 Å². The number of benzene rings is 1. The van der Waals surface area contributed by atoms with Crippen molar-refractivity contribution in [3.63, 3.8) is 0 Å². The number of thiophene rings is 1. The van der Waals surface area contributed by atoms with Crippen LogP contribution >= 0.6 is 27.3 Å². The lowest BCUT2D eigenvalue weighted by Gasteiger charge is -2.00. The zero-order chi connectivity index (χ0) is 12.8. The molecular formula is C15H8BrN2S+. The fraction of sp³-hybridized carbons (Fsp3) is 0. The van der Waals surface area contributed by atoms with Crippen molar-refractivity contribution >= 4 is 50.3 Å². The van der Waals surface area contributed by atoms with E-state index in [1.807, 2.05) is 18.3 Å². The summed E-state index contributed by atoms with van der Waals surface area (Å²) in [7, 11) is 0. The Balaban J connectivity index is 1.99. The molecule has 0 aliphatic heterocycles. The molecule has 1 N–H and O–H groups in total. The fourth-order valence-corrected chi connectivity index (χ4v) is 3.81. The van der Waals surface area contributed by atoms with E-state index in [0.717, 1.165) is 15.4 Å². The van der Waals surface area contributed by atoms with Gasteiger partial charge in [0.1, 0.15) is 22.6 Å². The van der Waals surface area contributed by atoms with Crippen molar-refractivity contribution in [2.24, 2.45) is 0 Å². The average Bonchev–Trinajstić information content (AvgIpc) is 3.03. The lowest BCUT2D eigenvalue weighted by molar-refractivity contribution is 1.12. The molecule has 90 valence electrons. The number of hydrogen-bond acceptors (Lipinski definition) is 2. The van der Waals surface area contributed by atoms with Gasteiger partial charge in [0, 0.05) is 27.6 Å². The molecule has 0 bridgehead atoms. The maximum atomic E-state index is 4.14. The highest BCUT2D eigenvalue weighted by atomic mass is 79.9. The molecule has 0 saturated carbocycles. The second-order valence-corrected chi connectivity index (χ2v) is 6.36. The summed E-state index contributed by atoms with van der Waals surface area (Å²) in [6.45, 7) is 0. The van der Waals surface area contributed by atoms with Crippen molar-refractivity contribution in [1.82, 2.24) is 10.2 Å². The molecule has 2 heterocycles. The number of nitrogens with one attached hydrogen (secondary N) is 1. The molecule has 0 unspecified atom stereocenters. The molecule has 0 radical (unpaired) electrons. The van der Waals surface area contributed by atoms with Crippen LogP contribution in [0.1, 0.15) is 10.4 Å². The first kappa shape index (κ1) is 11.1. The maximum absolute atomic E-state index is 4.14. The van der Waals surface area contributed by atoms with E-state index in [-0.39, 0.29) is 0 Å². The van der Waals surface area contributed by atoms with Crippen LogP contribution in [0, 0.1) is 6.08 Å². The summed E-state index contributed by atoms with van der Waals surface area (Å²) in [5.41, 5.74) is 3.50. The van der Waals surface area contributed by atoms with Gasteiger partial charge < -0.3 is 0 Å². The van der Waals surface area contributed by atoms with Crippen molar-refractivity contribution in [3.05, 3.63) is 51.5 Å². The zero-order valence-corrected chi connectivity index (χ0v) is 12.2. The van der Waals surface area contributed by atoms with Gasteiger partial charge in [-0.2, -0.15) is 5.10 Å². The predicted molar refractivity (Wildman–Crippen MR) is 83.8 cm³/mol. The van der Waals surface area contributed by atoms with E-state index in [0.29, 0.717) is 0 Å². The van der Waals surface area contributed by atoms with Gasteiger partial charge in [-0.1, -0.05) is 15.9 Å².